The fourth-order valence-electron chi connectivity index (χ4n) is 2.81. The highest BCUT2D eigenvalue weighted by Crippen LogP contribution is 2.24. The molecule has 0 bridgehead atoms. The van der Waals surface area contributed by atoms with E-state index < -0.39 is 10.0 Å². The highest BCUT2D eigenvalue weighted by Gasteiger charge is 2.14. The summed E-state index contributed by atoms with van der Waals surface area (Å²) in [7, 11) is -3.66. The van der Waals surface area contributed by atoms with Gasteiger partial charge in [-0.05, 0) is 55.8 Å². The highest BCUT2D eigenvalue weighted by molar-refractivity contribution is 7.92. The van der Waals surface area contributed by atoms with Crippen LogP contribution in [0.15, 0.2) is 78.2 Å². The summed E-state index contributed by atoms with van der Waals surface area (Å²) in [5, 5.41) is 0. The lowest BCUT2D eigenvalue weighted by atomic mass is 10.2. The minimum absolute atomic E-state index is 0.214. The molecule has 2 aromatic heterocycles. The van der Waals surface area contributed by atoms with Gasteiger partial charge in [-0.1, -0.05) is 12.1 Å². The number of sulfonamides is 1. The van der Waals surface area contributed by atoms with Crippen molar-refractivity contribution in [1.82, 2.24) is 19.5 Å². The van der Waals surface area contributed by atoms with Crippen LogP contribution < -0.4 is 9.46 Å². The summed E-state index contributed by atoms with van der Waals surface area (Å²) >= 11 is 0. The number of anilines is 1. The van der Waals surface area contributed by atoms with Crippen LogP contribution in [-0.2, 0) is 10.0 Å². The maximum absolute atomic E-state index is 12.6. The molecular formula is C21H19N5O3S. The fraction of sp³-hybridized carbons (Fsp3) is 0.0952. The van der Waals surface area contributed by atoms with Crippen LogP contribution in [0, 0.1) is 13.8 Å². The Balaban J connectivity index is 1.51. The lowest BCUT2D eigenvalue weighted by Crippen LogP contribution is -2.12. The number of nitrogens with one attached hydrogen (secondary N) is 1. The zero-order valence-corrected chi connectivity index (χ0v) is 17.2. The lowest BCUT2D eigenvalue weighted by molar-refractivity contribution is 0.459. The molecule has 0 atom stereocenters. The summed E-state index contributed by atoms with van der Waals surface area (Å²) in [5.41, 5.74) is 1.30. The summed E-state index contributed by atoms with van der Waals surface area (Å²) in [6, 6.07) is 15.0. The van der Waals surface area contributed by atoms with Crippen molar-refractivity contribution in [2.75, 3.05) is 4.72 Å². The molecule has 9 heteroatoms. The van der Waals surface area contributed by atoms with Gasteiger partial charge in [0.1, 0.15) is 23.7 Å². The second-order valence-corrected chi connectivity index (χ2v) is 8.31. The Kier molecular flexibility index (Phi) is 5.20. The van der Waals surface area contributed by atoms with Crippen LogP contribution >= 0.6 is 0 Å². The Morgan fingerprint density at radius 2 is 1.80 bits per heavy atom. The predicted octanol–water partition coefficient (Wildman–Crippen LogP) is 3.87. The van der Waals surface area contributed by atoms with Gasteiger partial charge >= 0.3 is 0 Å². The molecule has 0 saturated heterocycles. The average molecular weight is 421 g/mol. The van der Waals surface area contributed by atoms with Crippen molar-refractivity contribution < 1.29 is 13.2 Å². The largest absolute Gasteiger partial charge is 0.439 e. The van der Waals surface area contributed by atoms with Gasteiger partial charge in [0.05, 0.1) is 4.90 Å². The number of imidazole rings is 1. The van der Waals surface area contributed by atoms with Gasteiger partial charge in [-0.2, -0.15) is 4.98 Å². The van der Waals surface area contributed by atoms with Gasteiger partial charge in [0.25, 0.3) is 10.0 Å². The van der Waals surface area contributed by atoms with Gasteiger partial charge in [0.2, 0.25) is 5.88 Å². The molecule has 0 fully saturated rings. The first-order chi connectivity index (χ1) is 14.4. The van der Waals surface area contributed by atoms with E-state index in [2.05, 4.69) is 19.7 Å². The third kappa shape index (κ3) is 4.47. The van der Waals surface area contributed by atoms with Gasteiger partial charge in [0.15, 0.2) is 0 Å². The van der Waals surface area contributed by atoms with Crippen LogP contribution in [0.25, 0.3) is 5.82 Å². The zero-order valence-electron chi connectivity index (χ0n) is 16.4. The fourth-order valence-corrected chi connectivity index (χ4v) is 3.98. The van der Waals surface area contributed by atoms with E-state index in [1.54, 1.807) is 78.7 Å². The summed E-state index contributed by atoms with van der Waals surface area (Å²) in [6.45, 7) is 3.62. The molecule has 0 unspecified atom stereocenters. The second-order valence-electron chi connectivity index (χ2n) is 6.63. The minimum atomic E-state index is -3.66. The summed E-state index contributed by atoms with van der Waals surface area (Å²) in [5.74, 6) is 2.08. The van der Waals surface area contributed by atoms with E-state index >= 15 is 0 Å². The molecule has 152 valence electrons. The number of benzene rings is 2. The van der Waals surface area contributed by atoms with Crippen molar-refractivity contribution in [3.8, 4) is 17.4 Å². The van der Waals surface area contributed by atoms with E-state index in [-0.39, 0.29) is 4.90 Å². The van der Waals surface area contributed by atoms with Crippen molar-refractivity contribution in [3.05, 3.63) is 84.7 Å². The minimum Gasteiger partial charge on any atom is -0.439 e. The molecule has 0 radical (unpaired) electrons. The van der Waals surface area contributed by atoms with Gasteiger partial charge in [-0.25, -0.2) is 18.4 Å². The Morgan fingerprint density at radius 1 is 1.00 bits per heavy atom. The smallest absolute Gasteiger partial charge is 0.261 e. The molecule has 0 saturated carbocycles. The SMILES string of the molecule is Cc1cccc(S(=O)(=O)Nc2ccc(Oc3cc(-n4ccnc4)nc(C)n3)cc2)c1. The number of aromatic nitrogens is 4. The predicted molar refractivity (Wildman–Crippen MR) is 112 cm³/mol. The van der Waals surface area contributed by atoms with Crippen LogP contribution in [-0.4, -0.2) is 27.9 Å². The number of nitrogens with zero attached hydrogens (tertiary/aromatic N) is 4. The molecule has 30 heavy (non-hydrogen) atoms. The van der Waals surface area contributed by atoms with Crippen LogP contribution in [0.1, 0.15) is 11.4 Å². The van der Waals surface area contributed by atoms with E-state index in [9.17, 15) is 8.42 Å². The van der Waals surface area contributed by atoms with E-state index in [4.69, 9.17) is 4.74 Å². The lowest BCUT2D eigenvalue weighted by Gasteiger charge is -2.11. The standard InChI is InChI=1S/C21H19N5O3S/c1-15-4-3-5-19(12-15)30(27,28)25-17-6-8-18(9-7-17)29-21-13-20(23-16(2)24-21)26-11-10-22-14-26/h3-14,25H,1-2H3. The van der Waals surface area contributed by atoms with Gasteiger partial charge in [-0.3, -0.25) is 9.29 Å². The first kappa shape index (κ1) is 19.6. The molecule has 0 aliphatic heterocycles. The van der Waals surface area contributed by atoms with Gasteiger partial charge < -0.3 is 4.74 Å². The van der Waals surface area contributed by atoms with Crippen LogP contribution in [0.2, 0.25) is 0 Å². The number of rotatable bonds is 6. The zero-order chi connectivity index (χ0) is 21.1. The second kappa shape index (κ2) is 7.96. The van der Waals surface area contributed by atoms with E-state index in [0.29, 0.717) is 29.0 Å². The van der Waals surface area contributed by atoms with Crippen LogP contribution in [0.3, 0.4) is 0 Å². The molecule has 8 nitrogen and oxygen atoms in total. The quantitative estimate of drug-likeness (QED) is 0.507. The Hall–Kier alpha value is -3.72. The first-order valence-corrected chi connectivity index (χ1v) is 10.6. The third-order valence-electron chi connectivity index (χ3n) is 4.20. The van der Waals surface area contributed by atoms with Crippen molar-refractivity contribution in [3.63, 3.8) is 0 Å². The topological polar surface area (TPSA) is 99.0 Å². The highest BCUT2D eigenvalue weighted by atomic mass is 32.2. The van der Waals surface area contributed by atoms with Gasteiger partial charge in [-0.15, -0.1) is 0 Å². The van der Waals surface area contributed by atoms with Crippen LogP contribution in [0.5, 0.6) is 11.6 Å². The molecule has 4 aromatic rings. The normalized spacial score (nSPS) is 11.3. The third-order valence-corrected chi connectivity index (χ3v) is 5.58. The van der Waals surface area contributed by atoms with E-state index in [1.165, 1.54) is 0 Å². The summed E-state index contributed by atoms with van der Waals surface area (Å²) in [6.07, 6.45) is 5.08. The molecule has 4 rings (SSSR count). The van der Waals surface area contributed by atoms with E-state index in [0.717, 1.165) is 5.56 Å². The van der Waals surface area contributed by atoms with Crippen molar-refractivity contribution in [1.29, 1.82) is 0 Å². The van der Waals surface area contributed by atoms with Crippen molar-refractivity contribution in [2.45, 2.75) is 18.7 Å². The molecule has 1 N–H and O–H groups in total. The Bertz CT molecular complexity index is 1270. The Labute approximate surface area is 174 Å². The van der Waals surface area contributed by atoms with Crippen LogP contribution in [0.4, 0.5) is 5.69 Å². The molecule has 0 aliphatic rings. The molecule has 0 spiro atoms. The number of hydrogen-bond donors (Lipinski definition) is 1. The average Bonchev–Trinajstić information content (AvgIpc) is 3.24. The number of hydrogen-bond acceptors (Lipinski definition) is 6. The maximum Gasteiger partial charge on any atom is 0.261 e. The first-order valence-electron chi connectivity index (χ1n) is 9.10. The maximum atomic E-state index is 12.6. The van der Waals surface area contributed by atoms with Crippen molar-refractivity contribution in [2.24, 2.45) is 0 Å². The van der Waals surface area contributed by atoms with E-state index in [1.807, 2.05) is 13.0 Å². The molecule has 2 heterocycles. The molecular weight excluding hydrogens is 402 g/mol. The molecule has 0 amide bonds. The van der Waals surface area contributed by atoms with Gasteiger partial charge in [0, 0.05) is 24.1 Å². The molecule has 2 aromatic carbocycles. The van der Waals surface area contributed by atoms with Crippen molar-refractivity contribution >= 4 is 15.7 Å². The number of aryl methyl sites for hydroxylation is 2. The summed E-state index contributed by atoms with van der Waals surface area (Å²) in [4.78, 5) is 12.9. The molecule has 0 aliphatic carbocycles. The monoisotopic (exact) mass is 421 g/mol. The number of ether oxygens (including phenoxy) is 1. The Morgan fingerprint density at radius 3 is 2.50 bits per heavy atom. The summed E-state index contributed by atoms with van der Waals surface area (Å²) < 4.78 is 35.2.